The zero-order valence-corrected chi connectivity index (χ0v) is 20.8. The number of alkyl halides is 3. The van der Waals surface area contributed by atoms with Gasteiger partial charge in [-0.25, -0.2) is 4.79 Å². The van der Waals surface area contributed by atoms with Crippen LogP contribution in [0.1, 0.15) is 29.3 Å². The average molecular weight is 538 g/mol. The normalized spacial score (nSPS) is 12.3. The quantitative estimate of drug-likeness (QED) is 0.302. The van der Waals surface area contributed by atoms with Crippen molar-refractivity contribution >= 4 is 22.9 Å². The molecule has 2 aromatic carbocycles. The second-order valence-electron chi connectivity index (χ2n) is 8.76. The average Bonchev–Trinajstić information content (AvgIpc) is 3.26. The number of carbonyl (C=O) groups is 2. The third-order valence-corrected chi connectivity index (χ3v) is 5.88. The van der Waals surface area contributed by atoms with E-state index in [1.54, 1.807) is 25.3 Å². The summed E-state index contributed by atoms with van der Waals surface area (Å²) >= 11 is 0. The Morgan fingerprint density at radius 3 is 2.42 bits per heavy atom. The number of hydrogen-bond acceptors (Lipinski definition) is 5. The molecule has 0 aliphatic heterocycles. The molecular weight excluding hydrogens is 507 g/mol. The molecular formula is C26H30F3N3O6. The van der Waals surface area contributed by atoms with Crippen molar-refractivity contribution in [2.75, 3.05) is 26.4 Å². The second kappa shape index (κ2) is 12.5. The fourth-order valence-electron chi connectivity index (χ4n) is 4.20. The third-order valence-electron chi connectivity index (χ3n) is 5.88. The number of aliphatic hydroxyl groups excluding tert-OH is 1. The maximum absolute atomic E-state index is 12.5. The first-order chi connectivity index (χ1) is 18.0. The summed E-state index contributed by atoms with van der Waals surface area (Å²) in [6.45, 7) is 0.549. The van der Waals surface area contributed by atoms with Gasteiger partial charge in [-0.3, -0.25) is 4.79 Å². The summed E-state index contributed by atoms with van der Waals surface area (Å²) in [5.74, 6) is -0.654. The molecule has 0 aliphatic rings. The molecule has 0 radical (unpaired) electrons. The molecule has 12 heteroatoms. The number of aryl methyl sites for hydroxylation is 1. The summed E-state index contributed by atoms with van der Waals surface area (Å²) in [5.41, 5.74) is 7.28. The Morgan fingerprint density at radius 1 is 1.13 bits per heavy atom. The molecule has 1 atom stereocenters. The summed E-state index contributed by atoms with van der Waals surface area (Å²) in [6, 6.07) is 10.6. The standard InChI is InChI=1S/C26H30F3N3O6/c1-17(13-18-14-19-7-9-31(8-4-11-33)23(19)20(15-18)24(30)34)32(25(35)36)10-12-37-21-5-2-3-6-22(21)38-16-26(27,28)29/h2-3,5-7,9,14-15,17,33H,4,8,10-13,16H2,1H3,(H2,30,34)(H,35,36)/t17-/m1/s1. The van der Waals surface area contributed by atoms with E-state index in [0.29, 0.717) is 29.6 Å². The van der Waals surface area contributed by atoms with E-state index in [1.807, 2.05) is 16.7 Å². The lowest BCUT2D eigenvalue weighted by Gasteiger charge is -2.27. The van der Waals surface area contributed by atoms with Crippen molar-refractivity contribution in [1.82, 2.24) is 9.47 Å². The number of carboxylic acid groups (broad SMARTS) is 1. The number of ether oxygens (including phenoxy) is 2. The van der Waals surface area contributed by atoms with Crippen molar-refractivity contribution < 1.29 is 42.4 Å². The van der Waals surface area contributed by atoms with Crippen LogP contribution >= 0.6 is 0 Å². The van der Waals surface area contributed by atoms with Gasteiger partial charge in [-0.2, -0.15) is 13.2 Å². The number of primary amides is 1. The molecule has 38 heavy (non-hydrogen) atoms. The number of nitrogens with two attached hydrogens (primary N) is 1. The number of halogens is 3. The van der Waals surface area contributed by atoms with Crippen LogP contribution in [0.2, 0.25) is 0 Å². The van der Waals surface area contributed by atoms with Crippen LogP contribution in [-0.4, -0.2) is 70.3 Å². The molecule has 3 rings (SSSR count). The number of rotatable bonds is 13. The molecule has 0 unspecified atom stereocenters. The van der Waals surface area contributed by atoms with Crippen molar-refractivity contribution in [3.8, 4) is 11.5 Å². The Labute approximate surface area is 217 Å². The SMILES string of the molecule is C[C@H](Cc1cc(C(N)=O)c2c(ccn2CCCO)c1)N(CCOc1ccccc1OCC(F)(F)F)C(=O)O. The van der Waals surface area contributed by atoms with Gasteiger partial charge in [-0.1, -0.05) is 12.1 Å². The smallest absolute Gasteiger partial charge is 0.422 e. The largest absolute Gasteiger partial charge is 0.488 e. The Morgan fingerprint density at radius 2 is 1.82 bits per heavy atom. The minimum absolute atomic E-state index is 0.00206. The van der Waals surface area contributed by atoms with Crippen LogP contribution < -0.4 is 15.2 Å². The van der Waals surface area contributed by atoms with Crippen molar-refractivity contribution in [1.29, 1.82) is 0 Å². The lowest BCUT2D eigenvalue weighted by atomic mass is 10.0. The van der Waals surface area contributed by atoms with Gasteiger partial charge in [0.15, 0.2) is 18.1 Å². The van der Waals surface area contributed by atoms with E-state index in [9.17, 15) is 27.9 Å². The van der Waals surface area contributed by atoms with E-state index >= 15 is 0 Å². The van der Waals surface area contributed by atoms with Crippen LogP contribution in [0.4, 0.5) is 18.0 Å². The molecule has 0 aliphatic carbocycles. The highest BCUT2D eigenvalue weighted by atomic mass is 19.4. The van der Waals surface area contributed by atoms with Gasteiger partial charge in [0, 0.05) is 30.8 Å². The highest BCUT2D eigenvalue weighted by Crippen LogP contribution is 2.29. The Hall–Kier alpha value is -3.93. The summed E-state index contributed by atoms with van der Waals surface area (Å²) in [6.07, 6.45) is -3.13. The van der Waals surface area contributed by atoms with Gasteiger partial charge in [0.2, 0.25) is 0 Å². The molecule has 9 nitrogen and oxygen atoms in total. The maximum atomic E-state index is 12.5. The number of fused-ring (bicyclic) bond motifs is 1. The molecule has 1 aromatic heterocycles. The first-order valence-corrected chi connectivity index (χ1v) is 11.9. The third kappa shape index (κ3) is 7.54. The summed E-state index contributed by atoms with van der Waals surface area (Å²) in [7, 11) is 0. The summed E-state index contributed by atoms with van der Waals surface area (Å²) in [4.78, 5) is 25.3. The van der Waals surface area contributed by atoms with Crippen LogP contribution in [0.5, 0.6) is 11.5 Å². The van der Waals surface area contributed by atoms with Crippen LogP contribution in [-0.2, 0) is 13.0 Å². The summed E-state index contributed by atoms with van der Waals surface area (Å²) < 4.78 is 49.7. The van der Waals surface area contributed by atoms with E-state index in [0.717, 1.165) is 10.3 Å². The van der Waals surface area contributed by atoms with Gasteiger partial charge < -0.3 is 34.9 Å². The van der Waals surface area contributed by atoms with Gasteiger partial charge in [0.05, 0.1) is 17.6 Å². The summed E-state index contributed by atoms with van der Waals surface area (Å²) in [5, 5.41) is 19.7. The number of amides is 2. The molecule has 0 spiro atoms. The fourth-order valence-corrected chi connectivity index (χ4v) is 4.20. The van der Waals surface area contributed by atoms with Crippen molar-refractivity contribution in [3.63, 3.8) is 0 Å². The Balaban J connectivity index is 1.70. The molecule has 0 saturated carbocycles. The maximum Gasteiger partial charge on any atom is 0.422 e. The highest BCUT2D eigenvalue weighted by Gasteiger charge is 2.29. The van der Waals surface area contributed by atoms with E-state index in [1.165, 1.54) is 18.2 Å². The molecule has 3 aromatic rings. The second-order valence-corrected chi connectivity index (χ2v) is 8.76. The topological polar surface area (TPSA) is 127 Å². The fraction of sp³-hybridized carbons (Fsp3) is 0.385. The number of nitrogens with zero attached hydrogens (tertiary/aromatic N) is 2. The number of aromatic nitrogens is 1. The van der Waals surface area contributed by atoms with Crippen molar-refractivity contribution in [2.45, 2.75) is 38.5 Å². The van der Waals surface area contributed by atoms with Gasteiger partial charge in [-0.05, 0) is 55.7 Å². The predicted molar refractivity (Wildman–Crippen MR) is 134 cm³/mol. The van der Waals surface area contributed by atoms with Crippen LogP contribution in [0.3, 0.4) is 0 Å². The first kappa shape index (κ1) is 28.6. The van der Waals surface area contributed by atoms with E-state index in [2.05, 4.69) is 0 Å². The van der Waals surface area contributed by atoms with E-state index < -0.39 is 30.8 Å². The number of carbonyl (C=O) groups excluding carboxylic acids is 1. The minimum atomic E-state index is -4.51. The Kier molecular flexibility index (Phi) is 9.45. The van der Waals surface area contributed by atoms with Crippen molar-refractivity contribution in [2.24, 2.45) is 5.73 Å². The highest BCUT2D eigenvalue weighted by molar-refractivity contribution is 6.05. The molecule has 2 amide bonds. The molecule has 206 valence electrons. The van der Waals surface area contributed by atoms with Crippen LogP contribution in [0.15, 0.2) is 48.7 Å². The molecule has 1 heterocycles. The lowest BCUT2D eigenvalue weighted by molar-refractivity contribution is -0.153. The van der Waals surface area contributed by atoms with Crippen molar-refractivity contribution in [3.05, 3.63) is 59.8 Å². The molecule has 4 N–H and O–H groups in total. The van der Waals surface area contributed by atoms with Gasteiger partial charge in [0.1, 0.15) is 6.61 Å². The zero-order valence-electron chi connectivity index (χ0n) is 20.8. The number of hydrogen-bond donors (Lipinski definition) is 3. The van der Waals surface area contributed by atoms with Crippen LogP contribution in [0, 0.1) is 0 Å². The molecule has 0 fully saturated rings. The molecule has 0 saturated heterocycles. The number of benzene rings is 2. The number of aliphatic hydroxyl groups is 1. The Bertz CT molecular complexity index is 1260. The monoisotopic (exact) mass is 537 g/mol. The van der Waals surface area contributed by atoms with Gasteiger partial charge in [0.25, 0.3) is 5.91 Å². The van der Waals surface area contributed by atoms with Crippen LogP contribution in [0.25, 0.3) is 10.9 Å². The predicted octanol–water partition coefficient (Wildman–Crippen LogP) is 4.05. The first-order valence-electron chi connectivity index (χ1n) is 11.9. The van der Waals surface area contributed by atoms with E-state index in [-0.39, 0.29) is 37.7 Å². The van der Waals surface area contributed by atoms with Gasteiger partial charge in [-0.15, -0.1) is 0 Å². The minimum Gasteiger partial charge on any atom is -0.488 e. The van der Waals surface area contributed by atoms with Gasteiger partial charge >= 0.3 is 12.3 Å². The zero-order chi connectivity index (χ0) is 27.9. The lowest BCUT2D eigenvalue weighted by Crippen LogP contribution is -2.41. The molecule has 0 bridgehead atoms. The van der Waals surface area contributed by atoms with E-state index in [4.69, 9.17) is 20.3 Å². The number of para-hydroxylation sites is 2.